The number of nitrogens with zero attached hydrogens (tertiary/aromatic N) is 1. The summed E-state index contributed by atoms with van der Waals surface area (Å²) in [6.07, 6.45) is 0. The first-order chi connectivity index (χ1) is 30.1. The number of hydrogen-bond donors (Lipinski definition) is 0. The minimum absolute atomic E-state index is 0.415. The monoisotopic (exact) mass is 779 g/mol. The minimum atomic E-state index is 0.415. The quantitative estimate of drug-likeness (QED) is 0.165. The Hall–Kier alpha value is -7.68. The molecule has 0 saturated carbocycles. The van der Waals surface area contributed by atoms with Crippen LogP contribution in [0, 0.1) is 0 Å². The van der Waals surface area contributed by atoms with Crippen LogP contribution >= 0.6 is 0 Å². The van der Waals surface area contributed by atoms with E-state index in [4.69, 9.17) is 4.42 Å². The van der Waals surface area contributed by atoms with Gasteiger partial charge in [0.25, 0.3) is 0 Å². The van der Waals surface area contributed by atoms with Gasteiger partial charge in [-0.15, -0.1) is 0 Å². The maximum atomic E-state index is 6.79. The van der Waals surface area contributed by atoms with E-state index in [1.54, 1.807) is 0 Å². The molecule has 0 aliphatic rings. The smallest absolute Gasteiger partial charge is 0.159 e. The van der Waals surface area contributed by atoms with Gasteiger partial charge < -0.3 is 9.32 Å². The Morgan fingerprint density at radius 2 is 0.721 bits per heavy atom. The topological polar surface area (TPSA) is 16.4 Å². The summed E-state index contributed by atoms with van der Waals surface area (Å²) in [6.45, 7) is 4.50. The third kappa shape index (κ3) is 5.49. The zero-order valence-electron chi connectivity index (χ0n) is 34.1. The van der Waals surface area contributed by atoms with Gasteiger partial charge in [-0.2, -0.15) is 0 Å². The van der Waals surface area contributed by atoms with Gasteiger partial charge in [-0.05, 0) is 123 Å². The van der Waals surface area contributed by atoms with Gasteiger partial charge >= 0.3 is 0 Å². The van der Waals surface area contributed by atoms with Crippen LogP contribution in [0.25, 0.3) is 97.3 Å². The molecule has 0 fully saturated rings. The Balaban J connectivity index is 1.34. The normalized spacial score (nSPS) is 11.9. The Bertz CT molecular complexity index is 3800. The molecule has 0 N–H and O–H groups in total. The fraction of sp³-hybridized carbons (Fsp3) is 0.0508. The molecule has 0 amide bonds. The first kappa shape index (κ1) is 35.3. The molecule has 0 aliphatic heterocycles. The molecule has 0 bridgehead atoms. The Morgan fingerprint density at radius 1 is 0.328 bits per heavy atom. The predicted molar refractivity (Wildman–Crippen MR) is 263 cm³/mol. The maximum absolute atomic E-state index is 6.79. The molecule has 0 unspecified atom stereocenters. The number of furan rings is 1. The van der Waals surface area contributed by atoms with Gasteiger partial charge in [0.2, 0.25) is 0 Å². The summed E-state index contributed by atoms with van der Waals surface area (Å²) >= 11 is 0. The van der Waals surface area contributed by atoms with Crippen molar-refractivity contribution in [3.05, 3.63) is 212 Å². The number of rotatable bonds is 4. The summed E-state index contributed by atoms with van der Waals surface area (Å²) in [6, 6.07) is 75.9. The van der Waals surface area contributed by atoms with E-state index in [2.05, 4.69) is 219 Å². The van der Waals surface area contributed by atoms with Crippen molar-refractivity contribution in [3.8, 4) is 0 Å². The Labute approximate surface area is 353 Å². The van der Waals surface area contributed by atoms with Gasteiger partial charge in [-0.1, -0.05) is 184 Å². The number of fused-ring (bicyclic) bond motifs is 18. The minimum Gasteiger partial charge on any atom is -0.454 e. The van der Waals surface area contributed by atoms with Crippen molar-refractivity contribution in [2.45, 2.75) is 19.8 Å². The van der Waals surface area contributed by atoms with Crippen LogP contribution in [0.15, 0.2) is 211 Å². The third-order valence-corrected chi connectivity index (χ3v) is 12.8. The Morgan fingerprint density at radius 3 is 1.23 bits per heavy atom. The lowest BCUT2D eigenvalue weighted by Crippen LogP contribution is -2.10. The van der Waals surface area contributed by atoms with E-state index in [-0.39, 0.29) is 0 Å². The highest BCUT2D eigenvalue weighted by Crippen LogP contribution is 2.47. The van der Waals surface area contributed by atoms with Crippen LogP contribution in [0.2, 0.25) is 0 Å². The van der Waals surface area contributed by atoms with Crippen LogP contribution in [0.4, 0.5) is 17.1 Å². The standard InChI is InChI=1S/C59H41NO/c1-37(2)38-30-32-39(33-31-38)60(55-28-15-27-53-49-23-13-14-29-56(49)61-59(53)55)40-34-35-48-44-19-6-4-17-42(44)41-16-3-5-18-43(41)45-20-7-10-24-50(45)57-51-25-11-8-21-46(51)47-22-9-12-26-52(47)58(57)54(48)36-40/h3-37H,1-2H3. The lowest BCUT2D eigenvalue weighted by Gasteiger charge is -2.26. The summed E-state index contributed by atoms with van der Waals surface area (Å²) in [5, 5.41) is 19.3. The number of benzene rings is 10. The van der Waals surface area contributed by atoms with Crippen molar-refractivity contribution >= 4 is 114 Å². The van der Waals surface area contributed by atoms with Gasteiger partial charge in [0.05, 0.1) is 5.69 Å². The zero-order chi connectivity index (χ0) is 40.6. The first-order valence-corrected chi connectivity index (χ1v) is 21.3. The number of hydrogen-bond acceptors (Lipinski definition) is 2. The van der Waals surface area contributed by atoms with Gasteiger partial charge in [-0.25, -0.2) is 0 Å². The lowest BCUT2D eigenvalue weighted by atomic mass is 9.88. The van der Waals surface area contributed by atoms with E-state index in [0.29, 0.717) is 5.92 Å². The lowest BCUT2D eigenvalue weighted by molar-refractivity contribution is 0.669. The van der Waals surface area contributed by atoms with Gasteiger partial charge in [0, 0.05) is 22.1 Å². The second kappa shape index (κ2) is 14.0. The van der Waals surface area contributed by atoms with Crippen LogP contribution in [-0.4, -0.2) is 0 Å². The molecule has 12 aromatic rings. The Kier molecular flexibility index (Phi) is 8.08. The SMILES string of the molecule is CC(C)c1ccc(N(c2ccc3c4ccccc4c4ccccc4c4ccccc4c4c5ccccc5c5ccccc5c4c3c2)c2cccc3c2oc2ccccc23)cc1. The molecule has 61 heavy (non-hydrogen) atoms. The van der Waals surface area contributed by atoms with E-state index >= 15 is 0 Å². The molecule has 0 atom stereocenters. The summed E-state index contributed by atoms with van der Waals surface area (Å²) in [5.41, 5.74) is 6.17. The average Bonchev–Trinajstić information content (AvgIpc) is 3.71. The highest BCUT2D eigenvalue weighted by Gasteiger charge is 2.21. The molecule has 2 nitrogen and oxygen atoms in total. The van der Waals surface area contributed by atoms with Gasteiger partial charge in [-0.3, -0.25) is 0 Å². The van der Waals surface area contributed by atoms with Crippen molar-refractivity contribution < 1.29 is 4.42 Å². The fourth-order valence-electron chi connectivity index (χ4n) is 10.00. The fourth-order valence-corrected chi connectivity index (χ4v) is 10.00. The van der Waals surface area contributed by atoms with Crippen LogP contribution in [0.5, 0.6) is 0 Å². The molecule has 1 heterocycles. The molecule has 12 rings (SSSR count). The second-order valence-corrected chi connectivity index (χ2v) is 16.5. The molecular weight excluding hydrogens is 739 g/mol. The van der Waals surface area contributed by atoms with Crippen LogP contribution < -0.4 is 4.90 Å². The molecule has 0 radical (unpaired) electrons. The number of anilines is 3. The first-order valence-electron chi connectivity index (χ1n) is 21.3. The van der Waals surface area contributed by atoms with E-state index in [9.17, 15) is 0 Å². The molecule has 288 valence electrons. The van der Waals surface area contributed by atoms with E-state index in [0.717, 1.165) is 39.0 Å². The van der Waals surface area contributed by atoms with Crippen molar-refractivity contribution in [2.75, 3.05) is 4.90 Å². The van der Waals surface area contributed by atoms with Gasteiger partial charge in [0.1, 0.15) is 5.58 Å². The molecule has 11 aromatic carbocycles. The van der Waals surface area contributed by atoms with E-state index < -0.39 is 0 Å². The molecule has 0 spiro atoms. The van der Waals surface area contributed by atoms with Crippen LogP contribution in [0.3, 0.4) is 0 Å². The van der Waals surface area contributed by atoms with Crippen LogP contribution in [-0.2, 0) is 0 Å². The zero-order valence-corrected chi connectivity index (χ0v) is 34.1. The highest BCUT2D eigenvalue weighted by atomic mass is 16.3. The third-order valence-electron chi connectivity index (χ3n) is 12.8. The average molecular weight is 780 g/mol. The second-order valence-electron chi connectivity index (χ2n) is 16.5. The van der Waals surface area contributed by atoms with E-state index in [1.165, 1.54) is 81.0 Å². The molecular formula is C59H41NO. The van der Waals surface area contributed by atoms with Crippen LogP contribution in [0.1, 0.15) is 25.3 Å². The predicted octanol–water partition coefficient (Wildman–Crippen LogP) is 17.4. The summed E-state index contributed by atoms with van der Waals surface area (Å²) in [7, 11) is 0. The van der Waals surface area contributed by atoms with Crippen molar-refractivity contribution in [1.82, 2.24) is 0 Å². The van der Waals surface area contributed by atoms with Crippen molar-refractivity contribution in [2.24, 2.45) is 0 Å². The van der Waals surface area contributed by atoms with Gasteiger partial charge in [0.15, 0.2) is 5.58 Å². The molecule has 2 heteroatoms. The molecule has 0 saturated heterocycles. The summed E-state index contributed by atoms with van der Waals surface area (Å²) < 4.78 is 6.79. The van der Waals surface area contributed by atoms with E-state index in [1.807, 2.05) is 6.07 Å². The summed E-state index contributed by atoms with van der Waals surface area (Å²) in [4.78, 5) is 2.39. The molecule has 1 aromatic heterocycles. The largest absolute Gasteiger partial charge is 0.454 e. The van der Waals surface area contributed by atoms with Crippen molar-refractivity contribution in [1.29, 1.82) is 0 Å². The maximum Gasteiger partial charge on any atom is 0.159 e. The van der Waals surface area contributed by atoms with Crippen molar-refractivity contribution in [3.63, 3.8) is 0 Å². The summed E-state index contributed by atoms with van der Waals surface area (Å²) in [5.74, 6) is 0.415. The number of para-hydroxylation sites is 2. The molecule has 0 aliphatic carbocycles. The highest BCUT2D eigenvalue weighted by molar-refractivity contribution is 6.38.